The molecule has 4 fully saturated rings. The number of carbonyl (C=O) groups excluding carboxylic acids is 4. The zero-order chi connectivity index (χ0) is 49.3. The van der Waals surface area contributed by atoms with Gasteiger partial charge in [0, 0.05) is 48.4 Å². The first-order valence-corrected chi connectivity index (χ1v) is 26.2. The van der Waals surface area contributed by atoms with Gasteiger partial charge in [0.25, 0.3) is 5.91 Å². The fourth-order valence-corrected chi connectivity index (χ4v) is 13.2. The third kappa shape index (κ3) is 11.0. The van der Waals surface area contributed by atoms with Crippen LogP contribution in [0.25, 0.3) is 10.1 Å². The number of amides is 3. The smallest absolute Gasteiger partial charge is 0.415 e. The Morgan fingerprint density at radius 1 is 0.986 bits per heavy atom. The topological polar surface area (TPSA) is 147 Å². The first kappa shape index (κ1) is 50.5. The maximum Gasteiger partial charge on any atom is 0.415 e. The van der Waals surface area contributed by atoms with E-state index in [1.807, 2.05) is 30.0 Å². The van der Waals surface area contributed by atoms with Gasteiger partial charge in [-0.05, 0) is 119 Å². The molecule has 4 aromatic rings. The lowest BCUT2D eigenvalue weighted by molar-refractivity contribution is -0.217. The molecule has 3 aromatic carbocycles. The largest absolute Gasteiger partial charge is 0.465 e. The number of hydrogen-bond acceptors (Lipinski definition) is 10. The molecule has 1 saturated carbocycles. The summed E-state index contributed by atoms with van der Waals surface area (Å²) in [5.41, 5.74) is 0.827. The summed E-state index contributed by atoms with van der Waals surface area (Å²) in [5, 5.41) is 5.93. The predicted molar refractivity (Wildman–Crippen MR) is 254 cm³/mol. The van der Waals surface area contributed by atoms with Crippen LogP contribution in [0.4, 0.5) is 17.6 Å². The minimum absolute atomic E-state index is 0.0448. The zero-order valence-corrected chi connectivity index (χ0v) is 40.9. The van der Waals surface area contributed by atoms with E-state index in [2.05, 4.69) is 22.5 Å². The monoisotopic (exact) mass is 997 g/mol. The van der Waals surface area contributed by atoms with E-state index in [1.165, 1.54) is 37.3 Å². The number of esters is 1. The summed E-state index contributed by atoms with van der Waals surface area (Å²) >= 11 is 1.09. The molecule has 3 aliphatic heterocycles. The summed E-state index contributed by atoms with van der Waals surface area (Å²) in [7, 11) is -1.91. The molecule has 1 unspecified atom stereocenters. The van der Waals surface area contributed by atoms with Crippen LogP contribution in [0.1, 0.15) is 104 Å². The molecule has 19 heteroatoms. The second-order valence-corrected chi connectivity index (χ2v) is 22.1. The van der Waals surface area contributed by atoms with Crippen LogP contribution in [0, 0.1) is 0 Å². The molecule has 0 radical (unpaired) electrons. The molecule has 3 saturated heterocycles. The minimum Gasteiger partial charge on any atom is -0.465 e. The van der Waals surface area contributed by atoms with E-state index in [9.17, 15) is 36.9 Å². The van der Waals surface area contributed by atoms with Crippen molar-refractivity contribution in [3.63, 3.8) is 0 Å². The quantitative estimate of drug-likeness (QED) is 0.0597. The third-order valence-electron chi connectivity index (χ3n) is 14.2. The van der Waals surface area contributed by atoms with Gasteiger partial charge in [-0.15, -0.1) is 11.3 Å². The van der Waals surface area contributed by atoms with Gasteiger partial charge in [-0.2, -0.15) is 13.2 Å². The van der Waals surface area contributed by atoms with Crippen molar-refractivity contribution in [2.24, 2.45) is 0 Å². The molecule has 4 aliphatic rings. The zero-order valence-electron chi connectivity index (χ0n) is 39.2. The lowest BCUT2D eigenvalue weighted by atomic mass is 9.93. The molecule has 9 atom stereocenters. The maximum absolute atomic E-state index is 16.7. The molecule has 1 aromatic heterocycles. The fraction of sp³-hybridized carbons (Fsp3) is 0.520. The summed E-state index contributed by atoms with van der Waals surface area (Å²) in [5.74, 6) is -3.90. The number of ether oxygens (including phenoxy) is 2. The van der Waals surface area contributed by atoms with Crippen LogP contribution < -0.4 is 14.9 Å². The number of thiophene rings is 1. The van der Waals surface area contributed by atoms with E-state index in [0.29, 0.717) is 42.3 Å². The number of fused-ring (bicyclic) bond motifs is 2. The van der Waals surface area contributed by atoms with Gasteiger partial charge in [-0.1, -0.05) is 61.5 Å². The Balaban J connectivity index is 1.04. The minimum atomic E-state index is -4.61. The molecule has 13 nitrogen and oxygen atoms in total. The standard InChI is InChI=1S/C50H60F4N5O8PS/c1-5-24-66-48(63)31(2)56-68(64,67-38-14-10-7-11-15-38)44(51)33-16-21-41-34(25-33)26-42(69-41)45(60)55-39-19-17-36(57(3)30-43(65-4)50(52,53)54)27-37-18-20-40(59(37)46(39)61)47(62)58-29-35(28-49(58)22-23-49)32-12-8-6-9-13-32/h6-16,21,25-26,31,35-37,39-40,43-44H,5,17-20,22-24,27-30H2,1-4H3,(H,55,60)(H,56,64)/t31-,35+,36-,37+,39-,40-,43-,44+,68?/m0/s1. The second kappa shape index (κ2) is 20.8. The van der Waals surface area contributed by atoms with Gasteiger partial charge < -0.3 is 34.0 Å². The van der Waals surface area contributed by atoms with Crippen LogP contribution >= 0.6 is 18.9 Å². The van der Waals surface area contributed by atoms with Gasteiger partial charge in [0.05, 0.1) is 11.5 Å². The van der Waals surface area contributed by atoms with Gasteiger partial charge in [0.2, 0.25) is 17.7 Å². The lowest BCUT2D eigenvalue weighted by Crippen LogP contribution is -2.59. The number of halogens is 4. The van der Waals surface area contributed by atoms with Crippen LogP contribution in [0.3, 0.4) is 0 Å². The Bertz CT molecular complexity index is 2530. The Labute approximate surface area is 403 Å². The van der Waals surface area contributed by atoms with Crippen LogP contribution in [0.5, 0.6) is 5.75 Å². The number of carbonyl (C=O) groups is 4. The molecule has 0 bridgehead atoms. The fourth-order valence-electron chi connectivity index (χ4n) is 10.3. The molecule has 8 rings (SSSR count). The molecule has 2 N–H and O–H groups in total. The van der Waals surface area contributed by atoms with E-state index >= 15 is 4.39 Å². The number of benzene rings is 3. The van der Waals surface area contributed by atoms with Crippen LogP contribution in [-0.4, -0.2) is 120 Å². The number of hydrogen-bond donors (Lipinski definition) is 2. The lowest BCUT2D eigenvalue weighted by Gasteiger charge is -2.41. The molecule has 1 spiro atoms. The molecule has 3 amide bonds. The van der Waals surface area contributed by atoms with Crippen molar-refractivity contribution >= 4 is 52.6 Å². The van der Waals surface area contributed by atoms with Crippen LogP contribution in [-0.2, 0) is 28.4 Å². The van der Waals surface area contributed by atoms with Gasteiger partial charge in [0.15, 0.2) is 6.10 Å². The molecular weight excluding hydrogens is 938 g/mol. The van der Waals surface area contributed by atoms with Crippen LogP contribution in [0.2, 0.25) is 0 Å². The van der Waals surface area contributed by atoms with Gasteiger partial charge in [0.1, 0.15) is 23.9 Å². The molecule has 69 heavy (non-hydrogen) atoms. The number of rotatable bonds is 17. The van der Waals surface area contributed by atoms with Crippen molar-refractivity contribution in [2.75, 3.05) is 33.9 Å². The molecule has 4 heterocycles. The van der Waals surface area contributed by atoms with E-state index in [4.69, 9.17) is 14.0 Å². The summed E-state index contributed by atoms with van der Waals surface area (Å²) in [6.45, 7) is 3.42. The Kier molecular flexibility index (Phi) is 15.3. The SMILES string of the molecule is CCCOC(=O)[C@H](C)NP(=O)(Oc1ccccc1)[C@@H](F)c1ccc2sc(C(=O)N[C@H]3CC[C@H](N(C)C[C@H](OC)C(F)(F)F)C[C@H]4CC[C@@H](C(=O)N5C[C@H](c6ccccc6)CC56CC6)N4C3=O)cc2c1. The first-order chi connectivity index (χ1) is 32.9. The highest BCUT2D eigenvalue weighted by molar-refractivity contribution is 7.57. The summed E-state index contributed by atoms with van der Waals surface area (Å²) < 4.78 is 89.4. The van der Waals surface area contributed by atoms with Crippen molar-refractivity contribution < 1.29 is 55.3 Å². The summed E-state index contributed by atoms with van der Waals surface area (Å²) in [6, 6.07) is 20.0. The number of likely N-dealkylation sites (tertiary alicyclic amines) is 1. The molecular formula is C50H60F4N5O8PS. The highest BCUT2D eigenvalue weighted by Crippen LogP contribution is 2.58. The van der Waals surface area contributed by atoms with E-state index < -0.39 is 80.3 Å². The van der Waals surface area contributed by atoms with E-state index in [0.717, 1.165) is 43.3 Å². The van der Waals surface area contributed by atoms with Crippen LogP contribution in [0.15, 0.2) is 84.9 Å². The summed E-state index contributed by atoms with van der Waals surface area (Å²) in [4.78, 5) is 62.0. The number of nitrogens with one attached hydrogen (secondary N) is 2. The summed E-state index contributed by atoms with van der Waals surface area (Å²) in [6.07, 6.45) is -1.97. The van der Waals surface area contributed by atoms with E-state index in [-0.39, 0.29) is 53.0 Å². The normalized spacial score (nSPS) is 24.5. The average molecular weight is 998 g/mol. The number of para-hydroxylation sites is 1. The van der Waals surface area contributed by atoms with Crippen molar-refractivity contribution in [1.29, 1.82) is 0 Å². The molecule has 372 valence electrons. The number of methoxy groups -OCH3 is 1. The second-order valence-electron chi connectivity index (χ2n) is 18.9. The Morgan fingerprint density at radius 2 is 1.70 bits per heavy atom. The Morgan fingerprint density at radius 3 is 2.36 bits per heavy atom. The first-order valence-electron chi connectivity index (χ1n) is 23.7. The maximum atomic E-state index is 16.7. The third-order valence-corrected chi connectivity index (χ3v) is 17.4. The van der Waals surface area contributed by atoms with Gasteiger partial charge >= 0.3 is 19.7 Å². The van der Waals surface area contributed by atoms with Crippen molar-refractivity contribution in [3.8, 4) is 5.75 Å². The number of nitrogens with zero attached hydrogens (tertiary/aromatic N) is 3. The number of alkyl halides is 4. The van der Waals surface area contributed by atoms with Gasteiger partial charge in [-0.3, -0.25) is 23.7 Å². The highest BCUT2D eigenvalue weighted by Gasteiger charge is 2.59. The Hall–Kier alpha value is -4.87. The van der Waals surface area contributed by atoms with Crippen molar-refractivity contribution in [2.45, 2.75) is 131 Å². The van der Waals surface area contributed by atoms with Crippen molar-refractivity contribution in [3.05, 3.63) is 101 Å². The molecule has 1 aliphatic carbocycles. The number of likely N-dealkylation sites (N-methyl/N-ethyl adjacent to an activating group) is 1. The average Bonchev–Trinajstić information content (AvgIpc) is 3.60. The van der Waals surface area contributed by atoms with Gasteiger partial charge in [-0.25, -0.2) is 9.48 Å². The van der Waals surface area contributed by atoms with Crippen molar-refractivity contribution in [1.82, 2.24) is 25.1 Å². The predicted octanol–water partition coefficient (Wildman–Crippen LogP) is 9.14. The highest BCUT2D eigenvalue weighted by atomic mass is 32.1. The van der Waals surface area contributed by atoms with E-state index in [1.54, 1.807) is 41.1 Å².